The normalized spacial score (nSPS) is 18.3. The molecule has 2 aliphatic rings. The van der Waals surface area contributed by atoms with E-state index < -0.39 is 6.10 Å². The highest BCUT2D eigenvalue weighted by Gasteiger charge is 2.24. The topological polar surface area (TPSA) is 99.5 Å². The number of amides is 2. The summed E-state index contributed by atoms with van der Waals surface area (Å²) in [5.74, 6) is 0.455. The Labute approximate surface area is 205 Å². The van der Waals surface area contributed by atoms with Gasteiger partial charge in [0, 0.05) is 56.9 Å². The summed E-state index contributed by atoms with van der Waals surface area (Å²) in [5, 5.41) is 16.4. The lowest BCUT2D eigenvalue weighted by Gasteiger charge is -2.30. The zero-order valence-corrected chi connectivity index (χ0v) is 19.7. The molecule has 2 aromatic carbocycles. The van der Waals surface area contributed by atoms with E-state index in [4.69, 9.17) is 0 Å². The number of aryl methyl sites for hydroxylation is 1. The SMILES string of the molecule is O=C(NC1CCc2nc(C(=O)NCC(O)CN3CCc4ccccc4C3)cn2C1)c1ccccc1. The summed E-state index contributed by atoms with van der Waals surface area (Å²) in [6, 6.07) is 17.5. The zero-order valence-electron chi connectivity index (χ0n) is 19.7. The van der Waals surface area contributed by atoms with Crippen LogP contribution in [-0.4, -0.2) is 63.2 Å². The molecule has 3 aromatic rings. The van der Waals surface area contributed by atoms with Crippen LogP contribution in [-0.2, 0) is 25.9 Å². The number of benzene rings is 2. The smallest absolute Gasteiger partial charge is 0.271 e. The third-order valence-corrected chi connectivity index (χ3v) is 6.77. The number of aliphatic hydroxyl groups is 1. The van der Waals surface area contributed by atoms with Crippen molar-refractivity contribution in [3.8, 4) is 0 Å². The predicted molar refractivity (Wildman–Crippen MR) is 132 cm³/mol. The van der Waals surface area contributed by atoms with E-state index in [1.165, 1.54) is 11.1 Å². The highest BCUT2D eigenvalue weighted by atomic mass is 16.3. The average Bonchev–Trinajstić information content (AvgIpc) is 3.31. The van der Waals surface area contributed by atoms with Crippen molar-refractivity contribution in [3.63, 3.8) is 0 Å². The Kier molecular flexibility index (Phi) is 6.92. The van der Waals surface area contributed by atoms with Gasteiger partial charge >= 0.3 is 0 Å². The van der Waals surface area contributed by atoms with Crippen molar-refractivity contribution in [3.05, 3.63) is 89.0 Å². The molecule has 182 valence electrons. The Morgan fingerprint density at radius 3 is 2.63 bits per heavy atom. The van der Waals surface area contributed by atoms with Crippen molar-refractivity contribution < 1.29 is 14.7 Å². The average molecular weight is 474 g/mol. The highest BCUT2D eigenvalue weighted by molar-refractivity contribution is 5.94. The first-order chi connectivity index (χ1) is 17.0. The number of aromatic nitrogens is 2. The lowest BCUT2D eigenvalue weighted by atomic mass is 10.00. The van der Waals surface area contributed by atoms with Gasteiger partial charge in [-0.05, 0) is 36.1 Å². The van der Waals surface area contributed by atoms with Crippen LogP contribution in [0.4, 0.5) is 0 Å². The first-order valence-electron chi connectivity index (χ1n) is 12.2. The predicted octanol–water partition coefficient (Wildman–Crippen LogP) is 1.78. The molecule has 0 saturated heterocycles. The van der Waals surface area contributed by atoms with Gasteiger partial charge in [0.25, 0.3) is 11.8 Å². The third kappa shape index (κ3) is 5.61. The standard InChI is InChI=1S/C27H31N5O3/c33-23(17-31-13-12-19-6-4-5-9-21(19)15-31)14-28-27(35)24-18-32-16-22(10-11-25(32)30-24)29-26(34)20-7-2-1-3-8-20/h1-9,18,22-23,33H,10-17H2,(H,28,35)(H,29,34). The van der Waals surface area contributed by atoms with Crippen LogP contribution in [0, 0.1) is 0 Å². The van der Waals surface area contributed by atoms with Crippen LogP contribution in [0.15, 0.2) is 60.8 Å². The van der Waals surface area contributed by atoms with Crippen molar-refractivity contribution in [1.29, 1.82) is 0 Å². The number of carbonyl (C=O) groups is 2. The van der Waals surface area contributed by atoms with Gasteiger partial charge in [-0.15, -0.1) is 0 Å². The van der Waals surface area contributed by atoms with Gasteiger partial charge in [-0.25, -0.2) is 4.98 Å². The van der Waals surface area contributed by atoms with E-state index in [0.717, 1.165) is 31.8 Å². The molecule has 8 heteroatoms. The van der Waals surface area contributed by atoms with E-state index in [2.05, 4.69) is 38.7 Å². The number of imidazole rings is 1. The minimum absolute atomic E-state index is 0.0168. The van der Waals surface area contributed by atoms with E-state index >= 15 is 0 Å². The Morgan fingerprint density at radius 1 is 1.03 bits per heavy atom. The lowest BCUT2D eigenvalue weighted by Crippen LogP contribution is -2.42. The van der Waals surface area contributed by atoms with E-state index in [1.807, 2.05) is 28.8 Å². The Morgan fingerprint density at radius 2 is 1.80 bits per heavy atom. The number of nitrogens with one attached hydrogen (secondary N) is 2. The molecular formula is C27H31N5O3. The maximum atomic E-state index is 12.7. The van der Waals surface area contributed by atoms with Crippen LogP contribution in [0.2, 0.25) is 0 Å². The second-order valence-electron chi connectivity index (χ2n) is 9.39. The van der Waals surface area contributed by atoms with E-state index in [0.29, 0.717) is 30.8 Å². The summed E-state index contributed by atoms with van der Waals surface area (Å²) in [7, 11) is 0. The Balaban J connectivity index is 1.10. The van der Waals surface area contributed by atoms with Crippen LogP contribution in [0.1, 0.15) is 44.2 Å². The minimum Gasteiger partial charge on any atom is -0.390 e. The highest BCUT2D eigenvalue weighted by Crippen LogP contribution is 2.19. The molecule has 0 aliphatic carbocycles. The molecule has 5 rings (SSSR count). The van der Waals surface area contributed by atoms with Crippen LogP contribution in [0.3, 0.4) is 0 Å². The first kappa shape index (κ1) is 23.3. The lowest BCUT2D eigenvalue weighted by molar-refractivity contribution is 0.0838. The van der Waals surface area contributed by atoms with Crippen molar-refractivity contribution in [2.24, 2.45) is 0 Å². The molecule has 1 aromatic heterocycles. The molecular weight excluding hydrogens is 442 g/mol. The van der Waals surface area contributed by atoms with Crippen LogP contribution in [0.25, 0.3) is 0 Å². The molecule has 0 bridgehead atoms. The fourth-order valence-corrected chi connectivity index (χ4v) is 4.90. The van der Waals surface area contributed by atoms with Crippen molar-refractivity contribution in [2.75, 3.05) is 19.6 Å². The molecule has 0 radical (unpaired) electrons. The molecule has 0 saturated carbocycles. The number of nitrogens with zero attached hydrogens (tertiary/aromatic N) is 3. The van der Waals surface area contributed by atoms with Gasteiger partial charge in [0.05, 0.1) is 6.10 Å². The Bertz CT molecular complexity index is 1190. The first-order valence-corrected chi connectivity index (χ1v) is 12.2. The molecule has 2 aliphatic heterocycles. The van der Waals surface area contributed by atoms with Crippen molar-refractivity contribution in [2.45, 2.75) is 44.5 Å². The number of hydrogen-bond acceptors (Lipinski definition) is 5. The minimum atomic E-state index is -0.654. The molecule has 35 heavy (non-hydrogen) atoms. The number of fused-ring (bicyclic) bond motifs is 2. The van der Waals surface area contributed by atoms with E-state index in [-0.39, 0.29) is 24.4 Å². The van der Waals surface area contributed by atoms with Gasteiger partial charge in [0.1, 0.15) is 11.5 Å². The van der Waals surface area contributed by atoms with Crippen molar-refractivity contribution >= 4 is 11.8 Å². The van der Waals surface area contributed by atoms with Gasteiger partial charge < -0.3 is 20.3 Å². The summed E-state index contributed by atoms with van der Waals surface area (Å²) < 4.78 is 1.94. The summed E-state index contributed by atoms with van der Waals surface area (Å²) in [6.45, 7) is 2.98. The van der Waals surface area contributed by atoms with Crippen molar-refractivity contribution in [1.82, 2.24) is 25.1 Å². The molecule has 2 atom stereocenters. The third-order valence-electron chi connectivity index (χ3n) is 6.77. The summed E-state index contributed by atoms with van der Waals surface area (Å²) in [4.78, 5) is 31.9. The summed E-state index contributed by atoms with van der Waals surface area (Å²) >= 11 is 0. The molecule has 2 amide bonds. The van der Waals surface area contributed by atoms with Crippen LogP contribution >= 0.6 is 0 Å². The molecule has 8 nitrogen and oxygen atoms in total. The number of carbonyl (C=O) groups excluding carboxylic acids is 2. The Hall–Kier alpha value is -3.49. The molecule has 3 N–H and O–H groups in total. The van der Waals surface area contributed by atoms with Gasteiger partial charge in [0.15, 0.2) is 0 Å². The molecule has 0 spiro atoms. The number of rotatable bonds is 7. The maximum absolute atomic E-state index is 12.7. The van der Waals surface area contributed by atoms with Gasteiger partial charge in [0.2, 0.25) is 0 Å². The van der Waals surface area contributed by atoms with Gasteiger partial charge in [-0.3, -0.25) is 14.5 Å². The van der Waals surface area contributed by atoms with Gasteiger partial charge in [-0.1, -0.05) is 42.5 Å². The number of aliphatic hydroxyl groups excluding tert-OH is 1. The van der Waals surface area contributed by atoms with Crippen LogP contribution < -0.4 is 10.6 Å². The van der Waals surface area contributed by atoms with E-state index in [9.17, 15) is 14.7 Å². The summed E-state index contributed by atoms with van der Waals surface area (Å²) in [5.41, 5.74) is 3.65. The molecule has 2 unspecified atom stereocenters. The fourth-order valence-electron chi connectivity index (χ4n) is 4.90. The van der Waals surface area contributed by atoms with Crippen LogP contribution in [0.5, 0.6) is 0 Å². The zero-order chi connectivity index (χ0) is 24.2. The van der Waals surface area contributed by atoms with Gasteiger partial charge in [-0.2, -0.15) is 0 Å². The quantitative estimate of drug-likeness (QED) is 0.486. The molecule has 0 fully saturated rings. The second-order valence-corrected chi connectivity index (χ2v) is 9.39. The maximum Gasteiger partial charge on any atom is 0.271 e. The number of β-amino-alcohol motifs (C(OH)–C–C–N with tert-alkyl or cyclic N) is 1. The van der Waals surface area contributed by atoms with E-state index in [1.54, 1.807) is 18.3 Å². The number of hydrogen-bond donors (Lipinski definition) is 3. The summed E-state index contributed by atoms with van der Waals surface area (Å²) in [6.07, 6.45) is 3.52. The monoisotopic (exact) mass is 473 g/mol. The molecule has 3 heterocycles. The fraction of sp³-hybridized carbons (Fsp3) is 0.370. The largest absolute Gasteiger partial charge is 0.390 e. The second kappa shape index (κ2) is 10.4.